The normalized spacial score (nSPS) is 10.8. The van der Waals surface area contributed by atoms with Gasteiger partial charge in [0.1, 0.15) is 5.75 Å². The van der Waals surface area contributed by atoms with Crippen molar-refractivity contribution < 1.29 is 19.8 Å². The molecule has 1 aromatic rings. The first-order valence-corrected chi connectivity index (χ1v) is 9.09. The fraction of sp³-hybridized carbons (Fsp3) is 0.526. The first kappa shape index (κ1) is 21.5. The summed E-state index contributed by atoms with van der Waals surface area (Å²) in [6.45, 7) is 5.82. The van der Waals surface area contributed by atoms with E-state index in [1.165, 1.54) is 6.21 Å². The highest BCUT2D eigenvalue weighted by Gasteiger charge is 2.06. The number of carbonyl (C=O) groups is 2. The van der Waals surface area contributed by atoms with Crippen LogP contribution in [-0.2, 0) is 9.59 Å². The molecular weight excluding hydrogens is 334 g/mol. The average molecular weight is 363 g/mol. The molecule has 7 heteroatoms. The van der Waals surface area contributed by atoms with E-state index in [4.69, 9.17) is 5.11 Å². The molecule has 0 atom stereocenters. The summed E-state index contributed by atoms with van der Waals surface area (Å²) >= 11 is 0. The van der Waals surface area contributed by atoms with Gasteiger partial charge in [0, 0.05) is 43.2 Å². The van der Waals surface area contributed by atoms with Crippen LogP contribution in [0.3, 0.4) is 0 Å². The number of unbranched alkanes of at least 4 members (excludes halogenated alkanes) is 3. The van der Waals surface area contributed by atoms with Crippen LogP contribution in [0.4, 0.5) is 5.69 Å². The highest BCUT2D eigenvalue weighted by atomic mass is 16.4. The molecular formula is C19H29N3O4. The topological polar surface area (TPSA) is 102 Å². The van der Waals surface area contributed by atoms with E-state index in [2.05, 4.69) is 29.3 Å². The predicted octanol–water partition coefficient (Wildman–Crippen LogP) is 3.11. The fourth-order valence-electron chi connectivity index (χ4n) is 2.57. The average Bonchev–Trinajstić information content (AvgIpc) is 2.60. The maximum absolute atomic E-state index is 11.7. The van der Waals surface area contributed by atoms with E-state index >= 15 is 0 Å². The van der Waals surface area contributed by atoms with Crippen molar-refractivity contribution in [3.8, 4) is 5.75 Å². The molecule has 0 bridgehead atoms. The standard InChI is InChI=1S/C19H29N3O4/c1-3-22(4-2)16-12-11-15(17(23)13-16)14-20-21-18(24)9-7-5-6-8-10-19(25)26/h11-14,23H,3-10H2,1-2H3,(H,21,24)(H,25,26)/b20-14+. The lowest BCUT2D eigenvalue weighted by Crippen LogP contribution is -2.21. The van der Waals surface area contributed by atoms with Crippen LogP contribution in [0.15, 0.2) is 23.3 Å². The Labute approximate surface area is 154 Å². The summed E-state index contributed by atoms with van der Waals surface area (Å²) in [5, 5.41) is 22.5. The lowest BCUT2D eigenvalue weighted by atomic mass is 10.1. The monoisotopic (exact) mass is 363 g/mol. The third-order valence-corrected chi connectivity index (χ3v) is 4.08. The van der Waals surface area contributed by atoms with Crippen LogP contribution in [0, 0.1) is 0 Å². The van der Waals surface area contributed by atoms with E-state index in [9.17, 15) is 14.7 Å². The van der Waals surface area contributed by atoms with Crippen LogP contribution in [-0.4, -0.2) is 41.4 Å². The van der Waals surface area contributed by atoms with Gasteiger partial charge in [0.25, 0.3) is 0 Å². The van der Waals surface area contributed by atoms with Crippen molar-refractivity contribution in [1.29, 1.82) is 0 Å². The lowest BCUT2D eigenvalue weighted by Gasteiger charge is -2.21. The van der Waals surface area contributed by atoms with Crippen LogP contribution in [0.2, 0.25) is 0 Å². The molecule has 1 aromatic carbocycles. The first-order chi connectivity index (χ1) is 12.5. The largest absolute Gasteiger partial charge is 0.507 e. The molecule has 0 aliphatic heterocycles. The number of carboxylic acids is 1. The summed E-state index contributed by atoms with van der Waals surface area (Å²) in [5.74, 6) is -0.866. The highest BCUT2D eigenvalue weighted by molar-refractivity contribution is 5.86. The molecule has 1 rings (SSSR count). The van der Waals surface area contributed by atoms with Crippen molar-refractivity contribution in [2.75, 3.05) is 18.0 Å². The number of phenols is 1. The number of phenolic OH excluding ortho intramolecular Hbond substituents is 1. The zero-order valence-electron chi connectivity index (χ0n) is 15.6. The maximum atomic E-state index is 11.7. The Bertz CT molecular complexity index is 613. The van der Waals surface area contributed by atoms with Crippen molar-refractivity contribution in [2.24, 2.45) is 5.10 Å². The van der Waals surface area contributed by atoms with Crippen LogP contribution in [0.1, 0.15) is 57.9 Å². The van der Waals surface area contributed by atoms with Crippen molar-refractivity contribution >= 4 is 23.8 Å². The molecule has 0 fully saturated rings. The molecule has 0 heterocycles. The van der Waals surface area contributed by atoms with E-state index in [1.807, 2.05) is 6.07 Å². The predicted molar refractivity (Wildman–Crippen MR) is 103 cm³/mol. The van der Waals surface area contributed by atoms with E-state index in [-0.39, 0.29) is 18.1 Å². The zero-order chi connectivity index (χ0) is 19.4. The van der Waals surface area contributed by atoms with Gasteiger partial charge in [-0.25, -0.2) is 5.43 Å². The van der Waals surface area contributed by atoms with E-state index in [1.54, 1.807) is 12.1 Å². The fourth-order valence-corrected chi connectivity index (χ4v) is 2.57. The van der Waals surface area contributed by atoms with Crippen LogP contribution in [0.5, 0.6) is 5.75 Å². The number of aliphatic carboxylic acids is 1. The van der Waals surface area contributed by atoms with Crippen LogP contribution >= 0.6 is 0 Å². The minimum absolute atomic E-state index is 0.117. The van der Waals surface area contributed by atoms with Crippen molar-refractivity contribution in [3.63, 3.8) is 0 Å². The van der Waals surface area contributed by atoms with E-state index in [0.717, 1.165) is 31.6 Å². The molecule has 26 heavy (non-hydrogen) atoms. The number of amides is 1. The van der Waals surface area contributed by atoms with Crippen LogP contribution < -0.4 is 10.3 Å². The van der Waals surface area contributed by atoms with Gasteiger partial charge in [-0.15, -0.1) is 0 Å². The van der Waals surface area contributed by atoms with Gasteiger partial charge in [0.2, 0.25) is 5.91 Å². The van der Waals surface area contributed by atoms with Gasteiger partial charge in [0.15, 0.2) is 0 Å². The summed E-state index contributed by atoms with van der Waals surface area (Å²) in [5.41, 5.74) is 3.92. The molecule has 0 spiro atoms. The molecule has 0 aromatic heterocycles. The number of aromatic hydroxyl groups is 1. The summed E-state index contributed by atoms with van der Waals surface area (Å²) in [6.07, 6.45) is 4.90. The first-order valence-electron chi connectivity index (χ1n) is 9.09. The van der Waals surface area contributed by atoms with Gasteiger partial charge in [0.05, 0.1) is 6.21 Å². The van der Waals surface area contributed by atoms with Crippen molar-refractivity contribution in [3.05, 3.63) is 23.8 Å². The smallest absolute Gasteiger partial charge is 0.303 e. The number of nitrogens with one attached hydrogen (secondary N) is 1. The van der Waals surface area contributed by atoms with Gasteiger partial charge in [-0.2, -0.15) is 5.10 Å². The highest BCUT2D eigenvalue weighted by Crippen LogP contribution is 2.23. The van der Waals surface area contributed by atoms with E-state index < -0.39 is 5.97 Å². The number of hydrogen-bond donors (Lipinski definition) is 3. The van der Waals surface area contributed by atoms with Crippen molar-refractivity contribution in [1.82, 2.24) is 5.43 Å². The van der Waals surface area contributed by atoms with Gasteiger partial charge in [-0.05, 0) is 38.8 Å². The van der Waals surface area contributed by atoms with Gasteiger partial charge < -0.3 is 15.1 Å². The quantitative estimate of drug-likeness (QED) is 0.301. The number of carboxylic acid groups (broad SMARTS) is 1. The third kappa shape index (κ3) is 8.00. The molecule has 7 nitrogen and oxygen atoms in total. The summed E-state index contributed by atoms with van der Waals surface area (Å²) in [7, 11) is 0. The number of carbonyl (C=O) groups excluding carboxylic acids is 1. The Morgan fingerprint density at radius 3 is 2.35 bits per heavy atom. The molecule has 0 saturated heterocycles. The number of hydrogen-bond acceptors (Lipinski definition) is 5. The summed E-state index contributed by atoms with van der Waals surface area (Å²) in [6, 6.07) is 5.36. The third-order valence-electron chi connectivity index (χ3n) is 4.08. The number of benzene rings is 1. The lowest BCUT2D eigenvalue weighted by molar-refractivity contribution is -0.137. The molecule has 3 N–H and O–H groups in total. The van der Waals surface area contributed by atoms with E-state index in [0.29, 0.717) is 24.8 Å². The van der Waals surface area contributed by atoms with Gasteiger partial charge in [-0.3, -0.25) is 9.59 Å². The summed E-state index contributed by atoms with van der Waals surface area (Å²) in [4.78, 5) is 24.2. The second-order valence-corrected chi connectivity index (χ2v) is 6.02. The Morgan fingerprint density at radius 1 is 1.12 bits per heavy atom. The molecule has 0 aliphatic rings. The second-order valence-electron chi connectivity index (χ2n) is 6.02. The number of rotatable bonds is 12. The molecule has 144 valence electrons. The van der Waals surface area contributed by atoms with Gasteiger partial charge >= 0.3 is 5.97 Å². The molecule has 0 saturated carbocycles. The van der Waals surface area contributed by atoms with Gasteiger partial charge in [-0.1, -0.05) is 12.8 Å². The Morgan fingerprint density at radius 2 is 1.77 bits per heavy atom. The van der Waals surface area contributed by atoms with Crippen molar-refractivity contribution in [2.45, 2.75) is 52.4 Å². The minimum Gasteiger partial charge on any atom is -0.507 e. The zero-order valence-corrected chi connectivity index (χ0v) is 15.6. The Hall–Kier alpha value is -2.57. The summed E-state index contributed by atoms with van der Waals surface area (Å²) < 4.78 is 0. The molecule has 0 radical (unpaired) electrons. The Balaban J connectivity index is 2.36. The number of nitrogens with zero attached hydrogens (tertiary/aromatic N) is 2. The maximum Gasteiger partial charge on any atom is 0.303 e. The minimum atomic E-state index is -0.787. The SMILES string of the molecule is CCN(CC)c1ccc(/C=N/NC(=O)CCCCCCC(=O)O)c(O)c1. The number of anilines is 1. The van der Waals surface area contributed by atoms with Crippen LogP contribution in [0.25, 0.3) is 0 Å². The molecule has 1 amide bonds. The molecule has 0 aliphatic carbocycles. The number of hydrazone groups is 1. The molecule has 0 unspecified atom stereocenters. The Kier molecular flexibility index (Phi) is 9.82. The second kappa shape index (κ2) is 11.9.